The fraction of sp³-hybridized carbons (Fsp3) is 0.202. The van der Waals surface area contributed by atoms with E-state index in [1.165, 1.54) is 150 Å². The van der Waals surface area contributed by atoms with Crippen LogP contribution in [0.15, 0.2) is 255 Å². The van der Waals surface area contributed by atoms with E-state index in [9.17, 15) is 0 Å². The van der Waals surface area contributed by atoms with E-state index in [0.717, 1.165) is 23.1 Å². The van der Waals surface area contributed by atoms with Gasteiger partial charge in [0.05, 0.1) is 11.0 Å². The standard InChI is InChI=1S/C48H41N3.C46H39N/c1-46(2)40-27-34(25-26-36(40)37-28-38-35-19-13-14-20-39(35)47(3,4)48(5,6)42(38)29-41(37)46)30-21-23-33(24-22-30)45-50-43(31-15-9-7-10-16-31)49-44(51-45)32-17-11-8-12-18-32;1-44(2)39-23-28(27-15-18-31(19-16-27)47-42-14-10-8-12-34(42)37-22-29-21-30(29)24-43(37)47)17-20-33(39)35-25-36-32-11-7-9-13-38(32)45(3,4)46(5,6)41(36)26-40(35)44/h7-29H,1-6H3;7-20,22-26H,21H2,1-6H3. The van der Waals surface area contributed by atoms with E-state index in [1.54, 1.807) is 0 Å². The molecule has 0 amide bonds. The highest BCUT2D eigenvalue weighted by molar-refractivity contribution is 6.10. The molecule has 0 N–H and O–H groups in total. The number of fused-ring (bicyclic) bond motifs is 16. The predicted octanol–water partition coefficient (Wildman–Crippen LogP) is 24.0. The molecule has 4 nitrogen and oxygen atoms in total. The topological polar surface area (TPSA) is 43.6 Å². The van der Waals surface area contributed by atoms with Crippen molar-refractivity contribution in [2.24, 2.45) is 0 Å². The third-order valence-corrected chi connectivity index (χ3v) is 24.8. The molecular formula is C94H80N4. The smallest absolute Gasteiger partial charge is 0.164 e. The zero-order chi connectivity index (χ0) is 67.2. The maximum atomic E-state index is 4.93. The zero-order valence-electron chi connectivity index (χ0n) is 58.2. The molecule has 5 aliphatic carbocycles. The molecule has 5 aliphatic rings. The lowest BCUT2D eigenvalue weighted by molar-refractivity contribution is 0.298. The van der Waals surface area contributed by atoms with Gasteiger partial charge in [-0.3, -0.25) is 0 Å². The van der Waals surface area contributed by atoms with E-state index < -0.39 is 0 Å². The van der Waals surface area contributed by atoms with Crippen LogP contribution in [-0.4, -0.2) is 19.5 Å². The fourth-order valence-electron chi connectivity index (χ4n) is 17.5. The van der Waals surface area contributed by atoms with Crippen LogP contribution < -0.4 is 0 Å². The van der Waals surface area contributed by atoms with Gasteiger partial charge in [-0.15, -0.1) is 0 Å². The third kappa shape index (κ3) is 8.71. The van der Waals surface area contributed by atoms with Gasteiger partial charge in [0, 0.05) is 44.0 Å². The molecule has 98 heavy (non-hydrogen) atoms. The first-order valence-electron chi connectivity index (χ1n) is 35.1. The summed E-state index contributed by atoms with van der Waals surface area (Å²) in [6.45, 7) is 29.0. The second kappa shape index (κ2) is 21.0. The summed E-state index contributed by atoms with van der Waals surface area (Å²) in [5.74, 6) is 2.00. The minimum atomic E-state index is -0.126. The number of rotatable bonds is 6. The molecule has 2 aromatic heterocycles. The predicted molar refractivity (Wildman–Crippen MR) is 409 cm³/mol. The normalized spacial score (nSPS) is 16.4. The van der Waals surface area contributed by atoms with Crippen molar-refractivity contribution in [1.82, 2.24) is 19.5 Å². The molecule has 0 saturated heterocycles. The monoisotopic (exact) mass is 1260 g/mol. The zero-order valence-corrected chi connectivity index (χ0v) is 58.2. The number of para-hydroxylation sites is 1. The van der Waals surface area contributed by atoms with Gasteiger partial charge in [0.1, 0.15) is 0 Å². The molecule has 0 unspecified atom stereocenters. The van der Waals surface area contributed by atoms with Crippen molar-refractivity contribution in [2.45, 2.75) is 122 Å². The molecule has 19 rings (SSSR count). The average Bonchev–Trinajstić information content (AvgIpc) is 1.36. The van der Waals surface area contributed by atoms with Crippen LogP contribution >= 0.6 is 0 Å². The summed E-state index contributed by atoms with van der Waals surface area (Å²) in [7, 11) is 0. The van der Waals surface area contributed by atoms with E-state index in [2.05, 4.69) is 282 Å². The first-order valence-corrected chi connectivity index (χ1v) is 35.1. The van der Waals surface area contributed by atoms with Gasteiger partial charge in [-0.2, -0.15) is 0 Å². The van der Waals surface area contributed by atoms with Crippen molar-refractivity contribution in [3.05, 3.63) is 310 Å². The average molecular weight is 1270 g/mol. The Morgan fingerprint density at radius 2 is 0.602 bits per heavy atom. The number of hydrogen-bond acceptors (Lipinski definition) is 3. The van der Waals surface area contributed by atoms with Crippen LogP contribution in [0.2, 0.25) is 0 Å². The van der Waals surface area contributed by atoms with Crippen LogP contribution in [0.1, 0.15) is 139 Å². The van der Waals surface area contributed by atoms with Gasteiger partial charge in [0.25, 0.3) is 0 Å². The molecule has 2 heterocycles. The maximum absolute atomic E-state index is 4.93. The summed E-state index contributed by atoms with van der Waals surface area (Å²) in [6, 6.07) is 94.1. The molecule has 14 aromatic rings. The van der Waals surface area contributed by atoms with Crippen molar-refractivity contribution < 1.29 is 0 Å². The van der Waals surface area contributed by atoms with Gasteiger partial charge in [0.2, 0.25) is 0 Å². The molecule has 0 bridgehead atoms. The van der Waals surface area contributed by atoms with Crippen molar-refractivity contribution in [3.8, 4) is 107 Å². The highest BCUT2D eigenvalue weighted by Gasteiger charge is 2.50. The molecule has 0 aliphatic heterocycles. The number of benzene rings is 12. The minimum absolute atomic E-state index is 0.00144. The Hall–Kier alpha value is -10.6. The molecule has 0 radical (unpaired) electrons. The number of hydrogen-bond donors (Lipinski definition) is 0. The Labute approximate surface area is 576 Å². The van der Waals surface area contributed by atoms with Crippen LogP contribution in [0.4, 0.5) is 0 Å². The molecule has 476 valence electrons. The van der Waals surface area contributed by atoms with E-state index in [-0.39, 0.29) is 32.5 Å². The number of nitrogens with zero attached hydrogens (tertiary/aromatic N) is 4. The lowest BCUT2D eigenvalue weighted by Crippen LogP contribution is -2.43. The quantitative estimate of drug-likeness (QED) is 0.167. The van der Waals surface area contributed by atoms with E-state index in [4.69, 9.17) is 15.0 Å². The summed E-state index contributed by atoms with van der Waals surface area (Å²) >= 11 is 0. The van der Waals surface area contributed by atoms with Crippen LogP contribution in [0.25, 0.3) is 128 Å². The van der Waals surface area contributed by atoms with Gasteiger partial charge in [-0.25, -0.2) is 15.0 Å². The second-order valence-corrected chi connectivity index (χ2v) is 31.6. The molecule has 4 heteroatoms. The van der Waals surface area contributed by atoms with Crippen molar-refractivity contribution in [1.29, 1.82) is 0 Å². The van der Waals surface area contributed by atoms with E-state index in [0.29, 0.717) is 17.5 Å². The summed E-state index contributed by atoms with van der Waals surface area (Å²) in [4.78, 5) is 14.7. The molecule has 0 fully saturated rings. The highest BCUT2D eigenvalue weighted by atomic mass is 15.0. The fourth-order valence-corrected chi connectivity index (χ4v) is 17.5. The molecular weight excluding hydrogens is 1190 g/mol. The lowest BCUT2D eigenvalue weighted by atomic mass is 9.55. The summed E-state index contributed by atoms with van der Waals surface area (Å²) in [5, 5.41) is 2.69. The molecule has 0 spiro atoms. The molecule has 0 saturated carbocycles. The van der Waals surface area contributed by atoms with Crippen molar-refractivity contribution in [2.75, 3.05) is 0 Å². The Kier molecular flexibility index (Phi) is 12.8. The van der Waals surface area contributed by atoms with Crippen LogP contribution in [0.5, 0.6) is 0 Å². The van der Waals surface area contributed by atoms with Gasteiger partial charge in [0.15, 0.2) is 17.5 Å². The second-order valence-electron chi connectivity index (χ2n) is 31.6. The van der Waals surface area contributed by atoms with Crippen LogP contribution in [-0.2, 0) is 38.9 Å². The largest absolute Gasteiger partial charge is 0.309 e. The van der Waals surface area contributed by atoms with Gasteiger partial charge in [-0.1, -0.05) is 283 Å². The van der Waals surface area contributed by atoms with Crippen LogP contribution in [0, 0.1) is 0 Å². The lowest BCUT2D eigenvalue weighted by Gasteiger charge is -2.48. The summed E-state index contributed by atoms with van der Waals surface area (Å²) in [5.41, 5.74) is 36.9. The first-order chi connectivity index (χ1) is 47.1. The van der Waals surface area contributed by atoms with E-state index in [1.807, 2.05) is 60.7 Å². The Morgan fingerprint density at radius 1 is 0.245 bits per heavy atom. The summed E-state index contributed by atoms with van der Waals surface area (Å²) in [6.07, 6.45) is 1.13. The molecule has 12 aromatic carbocycles. The Bertz CT molecular complexity index is 5620. The van der Waals surface area contributed by atoms with Gasteiger partial charge >= 0.3 is 0 Å². The SMILES string of the molecule is CC1(C)c2cc(-c3ccc(-c4nc(-c5ccccc5)nc(-c5ccccc5)n4)cc3)ccc2-c2cc3c(cc21)C(C)(C)C(C)(C)c1ccccc1-3.CC1(C)c2cc(-c3ccc(-n4c5ccccc5c5cc6c(cc54)C6)cc3)ccc2-c2cc3c(cc21)C(C)(C)C(C)(C)c1ccccc1-3. The molecule has 0 atom stereocenters. The van der Waals surface area contributed by atoms with E-state index >= 15 is 0 Å². The number of aromatic nitrogens is 4. The minimum Gasteiger partial charge on any atom is -0.309 e. The van der Waals surface area contributed by atoms with Crippen molar-refractivity contribution in [3.63, 3.8) is 0 Å². The van der Waals surface area contributed by atoms with Crippen molar-refractivity contribution >= 4 is 21.8 Å². The highest BCUT2D eigenvalue weighted by Crippen LogP contribution is 2.61. The summed E-state index contributed by atoms with van der Waals surface area (Å²) < 4.78 is 2.44. The van der Waals surface area contributed by atoms with Crippen LogP contribution in [0.3, 0.4) is 0 Å². The maximum Gasteiger partial charge on any atom is 0.164 e. The van der Waals surface area contributed by atoms with Gasteiger partial charge in [-0.05, 0) is 205 Å². The third-order valence-electron chi connectivity index (χ3n) is 24.8. The Morgan fingerprint density at radius 3 is 1.09 bits per heavy atom. The van der Waals surface area contributed by atoms with Gasteiger partial charge < -0.3 is 4.57 Å². The Balaban J connectivity index is 0.000000142. The first kappa shape index (κ1) is 59.9.